The second-order valence-electron chi connectivity index (χ2n) is 17.7. The lowest BCUT2D eigenvalue weighted by Crippen LogP contribution is -2.36. The molecule has 0 amide bonds. The van der Waals surface area contributed by atoms with Crippen LogP contribution in [0, 0.1) is 0 Å². The molecule has 0 saturated heterocycles. The number of fused-ring (bicyclic) bond motifs is 9. The summed E-state index contributed by atoms with van der Waals surface area (Å²) in [5.74, 6) is 0.702. The van der Waals surface area contributed by atoms with E-state index in [-0.39, 0.29) is 0 Å². The van der Waals surface area contributed by atoms with Crippen molar-refractivity contribution < 1.29 is 0 Å². The first-order valence-electron chi connectivity index (χ1n) is 23.3. The van der Waals surface area contributed by atoms with E-state index in [2.05, 4.69) is 241 Å². The van der Waals surface area contributed by atoms with Gasteiger partial charge in [0.1, 0.15) is 0 Å². The van der Waals surface area contributed by atoms with Crippen LogP contribution in [0.4, 0.5) is 17.1 Å². The van der Waals surface area contributed by atoms with E-state index < -0.39 is 5.41 Å². The summed E-state index contributed by atoms with van der Waals surface area (Å²) in [4.78, 5) is 12.7. The molecule has 10 aromatic carbocycles. The van der Waals surface area contributed by atoms with Gasteiger partial charge < -0.3 is 4.90 Å². The molecule has 1 aliphatic carbocycles. The quantitative estimate of drug-likeness (QED) is 0.160. The van der Waals surface area contributed by atoms with Gasteiger partial charge in [-0.2, -0.15) is 0 Å². The molecule has 0 N–H and O–H groups in total. The van der Waals surface area contributed by atoms with Crippen molar-refractivity contribution >= 4 is 17.1 Å². The Bertz CT molecular complexity index is 3610. The highest BCUT2D eigenvalue weighted by Gasteiger charge is 2.51. The van der Waals surface area contributed by atoms with Gasteiger partial charge in [-0.15, -0.1) is 0 Å². The molecule has 11 aromatic rings. The fourth-order valence-electron chi connectivity index (χ4n) is 10.8. The Morgan fingerprint density at radius 1 is 0.265 bits per heavy atom. The third-order valence-electron chi connectivity index (χ3n) is 13.9. The first-order chi connectivity index (χ1) is 33.7. The molecule has 0 saturated carbocycles. The van der Waals surface area contributed by atoms with E-state index in [4.69, 9.17) is 9.97 Å². The largest absolute Gasteiger partial charge is 0.310 e. The average molecular weight is 866 g/mol. The number of benzene rings is 10. The summed E-state index contributed by atoms with van der Waals surface area (Å²) >= 11 is 0. The first-order valence-corrected chi connectivity index (χ1v) is 23.3. The molecule has 0 atom stereocenters. The molecule has 0 bridgehead atoms. The summed E-state index contributed by atoms with van der Waals surface area (Å²) < 4.78 is 0. The molecule has 68 heavy (non-hydrogen) atoms. The Labute approximate surface area is 397 Å². The van der Waals surface area contributed by atoms with Crippen molar-refractivity contribution in [1.29, 1.82) is 0 Å². The predicted octanol–water partition coefficient (Wildman–Crippen LogP) is 16.6. The van der Waals surface area contributed by atoms with Crippen molar-refractivity contribution in [2.45, 2.75) is 5.41 Å². The Hall–Kier alpha value is -8.92. The van der Waals surface area contributed by atoms with Crippen molar-refractivity contribution in [2.24, 2.45) is 0 Å². The maximum absolute atomic E-state index is 5.17. The number of aromatic nitrogens is 2. The molecule has 318 valence electrons. The smallest absolute Gasteiger partial charge is 0.160 e. The summed E-state index contributed by atoms with van der Waals surface area (Å²) in [6.45, 7) is 0. The van der Waals surface area contributed by atoms with E-state index in [9.17, 15) is 0 Å². The Balaban J connectivity index is 0.877. The molecular formula is C65H43N3. The van der Waals surface area contributed by atoms with Crippen LogP contribution in [-0.2, 0) is 5.41 Å². The lowest BCUT2D eigenvalue weighted by Gasteiger charge is -2.45. The second kappa shape index (κ2) is 16.2. The van der Waals surface area contributed by atoms with Gasteiger partial charge in [0.25, 0.3) is 0 Å². The second-order valence-corrected chi connectivity index (χ2v) is 17.7. The van der Waals surface area contributed by atoms with Crippen LogP contribution in [0.2, 0.25) is 0 Å². The molecule has 1 aliphatic heterocycles. The average Bonchev–Trinajstić information content (AvgIpc) is 3.71. The number of nitrogens with zero attached hydrogens (tertiary/aromatic N) is 3. The predicted molar refractivity (Wildman–Crippen MR) is 280 cm³/mol. The van der Waals surface area contributed by atoms with E-state index in [0.717, 1.165) is 44.9 Å². The van der Waals surface area contributed by atoms with Crippen LogP contribution in [0.3, 0.4) is 0 Å². The van der Waals surface area contributed by atoms with Gasteiger partial charge >= 0.3 is 0 Å². The van der Waals surface area contributed by atoms with Crippen molar-refractivity contribution in [1.82, 2.24) is 9.97 Å². The fourth-order valence-corrected chi connectivity index (χ4v) is 10.8. The highest BCUT2D eigenvalue weighted by atomic mass is 15.2. The third kappa shape index (κ3) is 6.43. The van der Waals surface area contributed by atoms with E-state index >= 15 is 0 Å². The third-order valence-corrected chi connectivity index (χ3v) is 13.9. The minimum Gasteiger partial charge on any atom is -0.310 e. The minimum atomic E-state index is -0.506. The zero-order valence-electron chi connectivity index (χ0n) is 37.2. The van der Waals surface area contributed by atoms with Gasteiger partial charge in [-0.05, 0) is 109 Å². The summed E-state index contributed by atoms with van der Waals surface area (Å²) in [6, 6.07) is 94.2. The summed E-state index contributed by atoms with van der Waals surface area (Å²) in [5, 5.41) is 0. The van der Waals surface area contributed by atoms with Crippen molar-refractivity contribution in [3.8, 4) is 78.4 Å². The molecule has 2 heterocycles. The topological polar surface area (TPSA) is 29.0 Å². The van der Waals surface area contributed by atoms with E-state index in [1.165, 1.54) is 67.0 Å². The highest BCUT2D eigenvalue weighted by molar-refractivity contribution is 5.96. The molecule has 3 heteroatoms. The van der Waals surface area contributed by atoms with Crippen LogP contribution < -0.4 is 4.90 Å². The van der Waals surface area contributed by atoms with Gasteiger partial charge in [-0.3, -0.25) is 0 Å². The maximum Gasteiger partial charge on any atom is 0.160 e. The van der Waals surface area contributed by atoms with Gasteiger partial charge in [0.05, 0.1) is 28.2 Å². The molecular weight excluding hydrogens is 823 g/mol. The molecule has 3 nitrogen and oxygen atoms in total. The van der Waals surface area contributed by atoms with Gasteiger partial charge in [0.15, 0.2) is 5.82 Å². The fraction of sp³-hybridized carbons (Fsp3) is 0.0154. The summed E-state index contributed by atoms with van der Waals surface area (Å²) in [7, 11) is 0. The summed E-state index contributed by atoms with van der Waals surface area (Å²) in [5.41, 5.74) is 22.6. The van der Waals surface area contributed by atoms with E-state index in [0.29, 0.717) is 5.82 Å². The molecule has 2 aliphatic rings. The standard InChI is InChI=1S/C65H43N3/c1-4-17-44(18-5-1)45-35-37-48(38-36-45)60-43-61(67-64(66-60)49-19-6-2-7-20-49)52-22-16-21-50(41-52)46-31-33-47(34-32-46)51-39-40-55-54-25-10-11-26-56(54)65(59(55)42-51)57-27-12-14-29-62(57)68(53-23-8-3-9-24-53)63-30-15-13-28-58(63)65/h1-43H. The molecule has 1 spiro atoms. The first kappa shape index (κ1) is 39.4. The van der Waals surface area contributed by atoms with Gasteiger partial charge in [0, 0.05) is 22.4 Å². The van der Waals surface area contributed by atoms with Crippen LogP contribution >= 0.6 is 0 Å². The number of hydrogen-bond donors (Lipinski definition) is 0. The van der Waals surface area contributed by atoms with Crippen LogP contribution in [0.5, 0.6) is 0 Å². The molecule has 1 aromatic heterocycles. The number of anilines is 3. The Kier molecular flexibility index (Phi) is 9.40. The highest BCUT2D eigenvalue weighted by Crippen LogP contribution is 2.63. The monoisotopic (exact) mass is 865 g/mol. The number of hydrogen-bond acceptors (Lipinski definition) is 3. The van der Waals surface area contributed by atoms with Crippen LogP contribution in [0.25, 0.3) is 78.4 Å². The summed E-state index contributed by atoms with van der Waals surface area (Å²) in [6.07, 6.45) is 0. The number of rotatable bonds is 7. The molecule has 0 unspecified atom stereocenters. The van der Waals surface area contributed by atoms with E-state index in [1.807, 2.05) is 24.3 Å². The maximum atomic E-state index is 5.17. The van der Waals surface area contributed by atoms with E-state index in [1.54, 1.807) is 0 Å². The normalized spacial score (nSPS) is 12.8. The molecule has 13 rings (SSSR count). The van der Waals surface area contributed by atoms with Gasteiger partial charge in [-0.1, -0.05) is 218 Å². The minimum absolute atomic E-state index is 0.506. The zero-order chi connectivity index (χ0) is 45.0. The van der Waals surface area contributed by atoms with Gasteiger partial charge in [0.2, 0.25) is 0 Å². The molecule has 0 fully saturated rings. The SMILES string of the molecule is c1ccc(-c2ccc(-c3cc(-c4cccc(-c5ccc(-c6ccc7c(c6)C6(c8ccccc8-7)c7ccccc7N(c7ccccc7)c7ccccc76)cc5)c4)nc(-c4ccccc4)n3)cc2)cc1. The van der Waals surface area contributed by atoms with Gasteiger partial charge in [-0.25, -0.2) is 9.97 Å². The van der Waals surface area contributed by atoms with Crippen LogP contribution in [0.1, 0.15) is 22.3 Å². The van der Waals surface area contributed by atoms with Crippen molar-refractivity contribution in [3.63, 3.8) is 0 Å². The lowest BCUT2D eigenvalue weighted by atomic mass is 9.64. The van der Waals surface area contributed by atoms with Crippen molar-refractivity contribution in [2.75, 3.05) is 4.90 Å². The Morgan fingerprint density at radius 2 is 0.691 bits per heavy atom. The van der Waals surface area contributed by atoms with Crippen molar-refractivity contribution in [3.05, 3.63) is 283 Å². The van der Waals surface area contributed by atoms with Crippen LogP contribution in [0.15, 0.2) is 261 Å². The van der Waals surface area contributed by atoms with Crippen LogP contribution in [-0.4, -0.2) is 9.97 Å². The molecule has 0 radical (unpaired) electrons. The number of para-hydroxylation sites is 3. The zero-order valence-corrected chi connectivity index (χ0v) is 37.2. The lowest BCUT2D eigenvalue weighted by molar-refractivity contribution is 0.753. The Morgan fingerprint density at radius 3 is 1.34 bits per heavy atom.